The topological polar surface area (TPSA) is 44.3 Å². The van der Waals surface area contributed by atoms with Gasteiger partial charge in [0.25, 0.3) is 0 Å². The lowest BCUT2D eigenvalue weighted by Gasteiger charge is -2.32. The summed E-state index contributed by atoms with van der Waals surface area (Å²) in [5, 5.41) is 3.65. The van der Waals surface area contributed by atoms with Gasteiger partial charge in [-0.1, -0.05) is 24.9 Å². The molecule has 0 bridgehead atoms. The van der Waals surface area contributed by atoms with Gasteiger partial charge in [-0.3, -0.25) is 5.43 Å². The second-order valence-electron chi connectivity index (χ2n) is 5.42. The van der Waals surface area contributed by atoms with Gasteiger partial charge in [0.05, 0.1) is 0 Å². The Morgan fingerprint density at radius 1 is 1.29 bits per heavy atom. The normalized spacial score (nSPS) is 17.5. The minimum absolute atomic E-state index is 0.537. The van der Waals surface area contributed by atoms with Crippen LogP contribution in [0.4, 0.5) is 5.95 Å². The molecule has 2 aromatic heterocycles. The van der Waals surface area contributed by atoms with Crippen LogP contribution in [0.5, 0.6) is 0 Å². The number of halogens is 1. The fraction of sp³-hybridized carbons (Fsp3) is 0.571. The maximum atomic E-state index is 6.31. The van der Waals surface area contributed by atoms with Gasteiger partial charge >= 0.3 is 0 Å². The maximum absolute atomic E-state index is 6.31. The van der Waals surface area contributed by atoms with E-state index in [2.05, 4.69) is 45.3 Å². The van der Waals surface area contributed by atoms with Crippen molar-refractivity contribution in [3.63, 3.8) is 0 Å². The second-order valence-corrected chi connectivity index (χ2v) is 6.89. The molecule has 1 saturated heterocycles. The largest absolute Gasteiger partial charge is 0.304 e. The van der Waals surface area contributed by atoms with Gasteiger partial charge in [0, 0.05) is 36.4 Å². The smallest absolute Gasteiger partial charge is 0.240 e. The van der Waals surface area contributed by atoms with E-state index in [1.165, 1.54) is 4.88 Å². The van der Waals surface area contributed by atoms with E-state index < -0.39 is 0 Å². The molecule has 0 aliphatic carbocycles. The highest BCUT2D eigenvalue weighted by molar-refractivity contribution is 7.18. The molecule has 5 nitrogen and oxygen atoms in total. The van der Waals surface area contributed by atoms with Crippen molar-refractivity contribution in [2.45, 2.75) is 19.8 Å². The minimum atomic E-state index is 0.537. The number of piperazine rings is 1. The van der Waals surface area contributed by atoms with E-state index in [9.17, 15) is 0 Å². The Bertz CT molecular complexity index is 621. The molecule has 0 radical (unpaired) electrons. The van der Waals surface area contributed by atoms with Crippen LogP contribution >= 0.6 is 22.9 Å². The van der Waals surface area contributed by atoms with Gasteiger partial charge in [-0.25, -0.2) is 9.99 Å². The highest BCUT2D eigenvalue weighted by Crippen LogP contribution is 2.30. The van der Waals surface area contributed by atoms with Gasteiger partial charge in [0.1, 0.15) is 9.98 Å². The van der Waals surface area contributed by atoms with Crippen LogP contribution in [0.1, 0.15) is 18.2 Å². The van der Waals surface area contributed by atoms with Gasteiger partial charge in [0.15, 0.2) is 0 Å². The molecule has 0 spiro atoms. The van der Waals surface area contributed by atoms with Gasteiger partial charge in [-0.15, -0.1) is 11.3 Å². The summed E-state index contributed by atoms with van der Waals surface area (Å²) in [7, 11) is 2.14. The standard InChI is InChI=1S/C14H20ClN5S/c1-3-4-10-9-11-12(15)16-14(17-13(11)21-10)18-20-7-5-19(2)6-8-20/h9H,3-8H2,1-2H3,(H,16,17,18). The number of likely N-dealkylation sites (N-methyl/N-ethyl adjacent to an activating group) is 1. The fourth-order valence-electron chi connectivity index (χ4n) is 2.42. The number of aryl methyl sites for hydroxylation is 1. The molecular weight excluding hydrogens is 306 g/mol. The maximum Gasteiger partial charge on any atom is 0.240 e. The monoisotopic (exact) mass is 325 g/mol. The average molecular weight is 326 g/mol. The molecule has 1 aliphatic heterocycles. The molecule has 21 heavy (non-hydrogen) atoms. The number of anilines is 1. The molecule has 0 aromatic carbocycles. The first-order valence-corrected chi connectivity index (χ1v) is 8.51. The van der Waals surface area contributed by atoms with E-state index in [0.717, 1.165) is 49.2 Å². The third kappa shape index (κ3) is 3.45. The summed E-state index contributed by atoms with van der Waals surface area (Å²) in [6.45, 7) is 6.19. The van der Waals surface area contributed by atoms with Gasteiger partial charge in [0.2, 0.25) is 5.95 Å². The third-order valence-corrected chi connectivity index (χ3v) is 5.03. The molecule has 7 heteroatoms. The van der Waals surface area contributed by atoms with Gasteiger partial charge in [-0.2, -0.15) is 4.98 Å². The summed E-state index contributed by atoms with van der Waals surface area (Å²) in [6, 6.07) is 2.12. The molecular formula is C14H20ClN5S. The number of fused-ring (bicyclic) bond motifs is 1. The molecule has 2 aromatic rings. The Morgan fingerprint density at radius 2 is 2.05 bits per heavy atom. The van der Waals surface area contributed by atoms with Gasteiger partial charge < -0.3 is 4.90 Å². The molecule has 0 atom stereocenters. The summed E-state index contributed by atoms with van der Waals surface area (Å²) in [5.74, 6) is 0.599. The first-order chi connectivity index (χ1) is 10.2. The zero-order valence-corrected chi connectivity index (χ0v) is 14.0. The zero-order valence-electron chi connectivity index (χ0n) is 12.4. The number of hydrogen-bond acceptors (Lipinski definition) is 6. The lowest BCUT2D eigenvalue weighted by Crippen LogP contribution is -2.47. The van der Waals surface area contributed by atoms with Crippen LogP contribution in [0.3, 0.4) is 0 Å². The number of hydrazine groups is 1. The second kappa shape index (κ2) is 6.44. The molecule has 1 aliphatic rings. The Balaban J connectivity index is 1.79. The fourth-order valence-corrected chi connectivity index (χ4v) is 3.82. The summed E-state index contributed by atoms with van der Waals surface area (Å²) in [5.41, 5.74) is 3.28. The van der Waals surface area contributed by atoms with Crippen molar-refractivity contribution in [3.8, 4) is 0 Å². The van der Waals surface area contributed by atoms with Crippen molar-refractivity contribution in [1.82, 2.24) is 19.9 Å². The predicted molar refractivity (Wildman–Crippen MR) is 89.1 cm³/mol. The van der Waals surface area contributed by atoms with Gasteiger partial charge in [-0.05, 0) is 19.5 Å². The lowest BCUT2D eigenvalue weighted by molar-refractivity contribution is 0.178. The molecule has 1 N–H and O–H groups in total. The first kappa shape index (κ1) is 15.0. The molecule has 3 rings (SSSR count). The molecule has 3 heterocycles. The first-order valence-electron chi connectivity index (χ1n) is 7.32. The summed E-state index contributed by atoms with van der Waals surface area (Å²) < 4.78 is 0. The SMILES string of the molecule is CCCc1cc2c(Cl)nc(NN3CCN(C)CC3)nc2s1. The number of thiophene rings is 1. The molecule has 1 fully saturated rings. The van der Waals surface area contributed by atoms with Crippen molar-refractivity contribution >= 4 is 39.1 Å². The average Bonchev–Trinajstić information content (AvgIpc) is 2.85. The number of hydrogen-bond donors (Lipinski definition) is 1. The van der Waals surface area contributed by atoms with Crippen LogP contribution in [0.25, 0.3) is 10.2 Å². The van der Waals surface area contributed by atoms with Crippen LogP contribution in [0, 0.1) is 0 Å². The Morgan fingerprint density at radius 3 is 2.76 bits per heavy atom. The summed E-state index contributed by atoms with van der Waals surface area (Å²) >= 11 is 8.02. The Hall–Kier alpha value is -0.950. The number of nitrogens with zero attached hydrogens (tertiary/aromatic N) is 4. The lowest BCUT2D eigenvalue weighted by atomic mass is 10.3. The highest BCUT2D eigenvalue weighted by Gasteiger charge is 2.16. The third-order valence-electron chi connectivity index (χ3n) is 3.66. The van der Waals surface area contributed by atoms with Crippen LogP contribution in [-0.4, -0.2) is 53.1 Å². The quantitative estimate of drug-likeness (QED) is 0.876. The molecule has 0 amide bonds. The van der Waals surface area contributed by atoms with Crippen LogP contribution < -0.4 is 5.43 Å². The molecule has 0 saturated carbocycles. The minimum Gasteiger partial charge on any atom is -0.304 e. The molecule has 114 valence electrons. The molecule has 0 unspecified atom stereocenters. The van der Waals surface area contributed by atoms with Crippen LogP contribution in [0.2, 0.25) is 5.15 Å². The van der Waals surface area contributed by atoms with Crippen LogP contribution in [-0.2, 0) is 6.42 Å². The van der Waals surface area contributed by atoms with E-state index >= 15 is 0 Å². The number of rotatable bonds is 4. The highest BCUT2D eigenvalue weighted by atomic mass is 35.5. The van der Waals surface area contributed by atoms with Crippen LogP contribution in [0.15, 0.2) is 6.07 Å². The number of aromatic nitrogens is 2. The van der Waals surface area contributed by atoms with Crippen molar-refractivity contribution in [2.75, 3.05) is 38.7 Å². The van der Waals surface area contributed by atoms with E-state index in [4.69, 9.17) is 11.6 Å². The van der Waals surface area contributed by atoms with E-state index in [0.29, 0.717) is 11.1 Å². The van der Waals surface area contributed by atoms with Crippen molar-refractivity contribution < 1.29 is 0 Å². The number of nitrogens with one attached hydrogen (secondary N) is 1. The zero-order chi connectivity index (χ0) is 14.8. The van der Waals surface area contributed by atoms with Crippen molar-refractivity contribution in [2.24, 2.45) is 0 Å². The van der Waals surface area contributed by atoms with Crippen molar-refractivity contribution in [1.29, 1.82) is 0 Å². The van der Waals surface area contributed by atoms with E-state index in [-0.39, 0.29) is 0 Å². The predicted octanol–water partition coefficient (Wildman–Crippen LogP) is 2.87. The summed E-state index contributed by atoms with van der Waals surface area (Å²) in [6.07, 6.45) is 2.20. The van der Waals surface area contributed by atoms with Crippen molar-refractivity contribution in [3.05, 3.63) is 16.1 Å². The van der Waals surface area contributed by atoms with E-state index in [1.54, 1.807) is 11.3 Å². The Labute approximate surface area is 133 Å². The van der Waals surface area contributed by atoms with E-state index in [1.807, 2.05) is 0 Å². The Kier molecular flexibility index (Phi) is 4.59. The summed E-state index contributed by atoms with van der Waals surface area (Å²) in [4.78, 5) is 13.6.